The number of hydrogen-bond donors (Lipinski definition) is 3. The van der Waals surface area contributed by atoms with Gasteiger partial charge in [-0.05, 0) is 6.92 Å². The number of nitrogens with one attached hydrogen (secondary N) is 1. The van der Waals surface area contributed by atoms with E-state index in [9.17, 15) is 22.8 Å². The molecule has 1 atom stereocenters. The minimum atomic E-state index is -5.22. The van der Waals surface area contributed by atoms with Gasteiger partial charge in [0, 0.05) is 0 Å². The number of rotatable bonds is 1. The van der Waals surface area contributed by atoms with Gasteiger partial charge in [-0.15, -0.1) is 0 Å². The molecular formula is C5H6F3NO4. The molecule has 0 aromatic rings. The van der Waals surface area contributed by atoms with E-state index in [1.165, 1.54) is 0 Å². The summed E-state index contributed by atoms with van der Waals surface area (Å²) in [6.45, 7) is 0.158. The lowest BCUT2D eigenvalue weighted by molar-refractivity contribution is -0.244. The van der Waals surface area contributed by atoms with Crippen molar-refractivity contribution in [2.75, 3.05) is 0 Å². The molecule has 0 aliphatic heterocycles. The zero-order valence-electron chi connectivity index (χ0n) is 6.34. The molecule has 0 aromatic carbocycles. The van der Waals surface area contributed by atoms with Gasteiger partial charge >= 0.3 is 12.3 Å². The van der Waals surface area contributed by atoms with Crippen LogP contribution in [0.5, 0.6) is 0 Å². The van der Waals surface area contributed by atoms with E-state index in [0.717, 1.165) is 5.32 Å². The van der Waals surface area contributed by atoms with Crippen molar-refractivity contribution in [3.05, 3.63) is 0 Å². The molecule has 13 heavy (non-hydrogen) atoms. The highest BCUT2D eigenvalue weighted by Gasteiger charge is 2.56. The molecule has 0 rings (SSSR count). The molecule has 0 saturated carbocycles. The molecule has 2 amide bonds. The van der Waals surface area contributed by atoms with E-state index in [1.807, 2.05) is 0 Å². The number of hydrogen-bond acceptors (Lipinski definition) is 3. The second kappa shape index (κ2) is 3.21. The Bertz CT molecular complexity index is 234. The molecule has 5 nitrogen and oxygen atoms in total. The Hall–Kier alpha value is -1.31. The number of carbonyl (C=O) groups excluding carboxylic acids is 1. The summed E-state index contributed by atoms with van der Waals surface area (Å²) in [4.78, 5) is 20.2. The van der Waals surface area contributed by atoms with Gasteiger partial charge in [0.15, 0.2) is 0 Å². The second-order valence-electron chi connectivity index (χ2n) is 2.33. The van der Waals surface area contributed by atoms with Crippen LogP contribution in [0.4, 0.5) is 18.0 Å². The van der Waals surface area contributed by atoms with E-state index in [1.54, 1.807) is 0 Å². The number of carboxylic acid groups (broad SMARTS) is 1. The van der Waals surface area contributed by atoms with E-state index in [0.29, 0.717) is 0 Å². The van der Waals surface area contributed by atoms with Crippen molar-refractivity contribution >= 4 is 12.0 Å². The zero-order valence-corrected chi connectivity index (χ0v) is 6.34. The third kappa shape index (κ3) is 2.58. The number of aliphatic hydroxyl groups is 1. The maximum Gasteiger partial charge on any atom is 0.426 e. The maximum atomic E-state index is 11.8. The van der Waals surface area contributed by atoms with Crippen molar-refractivity contribution in [1.29, 1.82) is 0 Å². The average molecular weight is 201 g/mol. The monoisotopic (exact) mass is 201 g/mol. The highest BCUT2D eigenvalue weighted by Crippen LogP contribution is 2.29. The minimum absolute atomic E-state index is 0.158. The van der Waals surface area contributed by atoms with E-state index in [-0.39, 0.29) is 6.92 Å². The molecule has 0 aliphatic rings. The summed E-state index contributed by atoms with van der Waals surface area (Å²) in [7, 11) is 0. The van der Waals surface area contributed by atoms with Gasteiger partial charge in [-0.2, -0.15) is 13.2 Å². The molecule has 8 heteroatoms. The Morgan fingerprint density at radius 3 is 1.92 bits per heavy atom. The van der Waals surface area contributed by atoms with Gasteiger partial charge in [0.1, 0.15) is 0 Å². The summed E-state index contributed by atoms with van der Waals surface area (Å²) in [5.41, 5.74) is -3.70. The molecule has 1 unspecified atom stereocenters. The van der Waals surface area contributed by atoms with Gasteiger partial charge in [-0.3, -0.25) is 10.1 Å². The Labute approximate surface area is 70.2 Å². The number of alkyl halides is 3. The molecule has 76 valence electrons. The van der Waals surface area contributed by atoms with Crippen molar-refractivity contribution in [3.63, 3.8) is 0 Å². The van der Waals surface area contributed by atoms with Gasteiger partial charge in [0.25, 0.3) is 5.91 Å². The predicted octanol–water partition coefficient (Wildman–Crippen LogP) is 0.0939. The van der Waals surface area contributed by atoms with Crippen molar-refractivity contribution in [2.45, 2.75) is 18.7 Å². The molecule has 0 aromatic heterocycles. The van der Waals surface area contributed by atoms with Gasteiger partial charge in [-0.1, -0.05) is 0 Å². The number of imide groups is 1. The van der Waals surface area contributed by atoms with Crippen LogP contribution in [0, 0.1) is 0 Å². The van der Waals surface area contributed by atoms with Crippen molar-refractivity contribution in [2.24, 2.45) is 0 Å². The van der Waals surface area contributed by atoms with Crippen LogP contribution in [0.15, 0.2) is 0 Å². The lowest BCUT2D eigenvalue weighted by Crippen LogP contribution is -2.55. The Morgan fingerprint density at radius 1 is 1.31 bits per heavy atom. The van der Waals surface area contributed by atoms with Crippen LogP contribution in [0.3, 0.4) is 0 Å². The highest BCUT2D eigenvalue weighted by atomic mass is 19.4. The largest absolute Gasteiger partial charge is 0.465 e. The van der Waals surface area contributed by atoms with E-state index < -0.39 is 23.8 Å². The summed E-state index contributed by atoms with van der Waals surface area (Å²) in [6, 6.07) is 0. The second-order valence-corrected chi connectivity index (χ2v) is 2.33. The van der Waals surface area contributed by atoms with Gasteiger partial charge in [0.2, 0.25) is 5.60 Å². The first-order valence-electron chi connectivity index (χ1n) is 2.92. The van der Waals surface area contributed by atoms with E-state index >= 15 is 0 Å². The summed E-state index contributed by atoms with van der Waals surface area (Å²) < 4.78 is 35.5. The fourth-order valence-corrected chi connectivity index (χ4v) is 0.348. The van der Waals surface area contributed by atoms with Crippen molar-refractivity contribution < 1.29 is 33.0 Å². The lowest BCUT2D eigenvalue weighted by Gasteiger charge is -2.23. The third-order valence-corrected chi connectivity index (χ3v) is 1.21. The molecule has 0 heterocycles. The topological polar surface area (TPSA) is 86.6 Å². The summed E-state index contributed by atoms with van der Waals surface area (Å²) in [5, 5.41) is 17.4. The van der Waals surface area contributed by atoms with E-state index in [4.69, 9.17) is 10.2 Å². The SMILES string of the molecule is CC(O)(C(=O)NC(=O)O)C(F)(F)F. The van der Waals surface area contributed by atoms with Crippen LogP contribution in [0.25, 0.3) is 0 Å². The first-order valence-corrected chi connectivity index (χ1v) is 2.92. The van der Waals surface area contributed by atoms with Crippen LogP contribution in [-0.2, 0) is 4.79 Å². The quantitative estimate of drug-likeness (QED) is 0.561. The molecule has 0 bridgehead atoms. The Kier molecular flexibility index (Phi) is 2.88. The summed E-state index contributed by atoms with van der Waals surface area (Å²) in [5.74, 6) is -2.03. The molecular weight excluding hydrogens is 195 g/mol. The minimum Gasteiger partial charge on any atom is -0.465 e. The maximum absolute atomic E-state index is 11.8. The average Bonchev–Trinajstić information content (AvgIpc) is 1.82. The first kappa shape index (κ1) is 11.7. The standard InChI is InChI=1S/C5H6F3NO4/c1-4(13,5(6,7)8)2(10)9-3(11)12/h13H,1H3,(H,9,10)(H,11,12). The number of halogens is 3. The number of carbonyl (C=O) groups is 2. The van der Waals surface area contributed by atoms with Crippen LogP contribution in [0.1, 0.15) is 6.92 Å². The van der Waals surface area contributed by atoms with Gasteiger partial charge < -0.3 is 10.2 Å². The molecule has 0 aliphatic carbocycles. The highest BCUT2D eigenvalue weighted by molar-refractivity contribution is 5.96. The molecule has 0 fully saturated rings. The molecule has 0 radical (unpaired) electrons. The normalized spacial score (nSPS) is 16.1. The van der Waals surface area contributed by atoms with Gasteiger partial charge in [-0.25, -0.2) is 4.79 Å². The third-order valence-electron chi connectivity index (χ3n) is 1.21. The predicted molar refractivity (Wildman–Crippen MR) is 32.8 cm³/mol. The fraction of sp³-hybridized carbons (Fsp3) is 0.600. The first-order chi connectivity index (χ1) is 5.59. The smallest absolute Gasteiger partial charge is 0.426 e. The van der Waals surface area contributed by atoms with Gasteiger partial charge in [0.05, 0.1) is 0 Å². The summed E-state index contributed by atoms with van der Waals surface area (Å²) >= 11 is 0. The van der Waals surface area contributed by atoms with Crippen LogP contribution < -0.4 is 5.32 Å². The Balaban J connectivity index is 4.65. The molecule has 3 N–H and O–H groups in total. The molecule has 0 spiro atoms. The number of amides is 2. The lowest BCUT2D eigenvalue weighted by atomic mass is 10.1. The fourth-order valence-electron chi connectivity index (χ4n) is 0.348. The zero-order chi connectivity index (χ0) is 10.9. The van der Waals surface area contributed by atoms with Crippen LogP contribution in [0.2, 0.25) is 0 Å². The van der Waals surface area contributed by atoms with Crippen molar-refractivity contribution in [3.8, 4) is 0 Å². The van der Waals surface area contributed by atoms with E-state index in [2.05, 4.69) is 0 Å². The van der Waals surface area contributed by atoms with Crippen LogP contribution in [-0.4, -0.2) is 34.0 Å². The van der Waals surface area contributed by atoms with Crippen molar-refractivity contribution in [1.82, 2.24) is 5.32 Å². The summed E-state index contributed by atoms with van der Waals surface area (Å²) in [6.07, 6.45) is -7.18. The molecule has 0 saturated heterocycles. The Morgan fingerprint density at radius 2 is 1.69 bits per heavy atom. The van der Waals surface area contributed by atoms with Crippen LogP contribution >= 0.6 is 0 Å².